The Morgan fingerprint density at radius 3 is 2.19 bits per heavy atom. The van der Waals surface area contributed by atoms with Crippen LogP contribution in [0.3, 0.4) is 0 Å². The third-order valence-electron chi connectivity index (χ3n) is 6.69. The van der Waals surface area contributed by atoms with E-state index in [4.69, 9.17) is 0 Å². The SMILES string of the molecule is C/N=C/c1ccc(-c2ccc(-c3ccc(C(=O)N4CCC(F)(F)CC4)cc3)cc2-c2ccc(F)cc2)[nH]1. The van der Waals surface area contributed by atoms with E-state index in [1.807, 2.05) is 42.5 Å². The molecule has 1 aromatic heterocycles. The van der Waals surface area contributed by atoms with Crippen molar-refractivity contribution >= 4 is 12.1 Å². The minimum absolute atomic E-state index is 0.0562. The Morgan fingerprint density at radius 2 is 1.51 bits per heavy atom. The Kier molecular flexibility index (Phi) is 6.70. The molecule has 1 amide bonds. The molecular weight excluding hydrogens is 475 g/mol. The van der Waals surface area contributed by atoms with E-state index in [0.29, 0.717) is 5.56 Å². The van der Waals surface area contributed by atoms with E-state index in [9.17, 15) is 18.0 Å². The van der Waals surface area contributed by atoms with Crippen LogP contribution in [-0.4, -0.2) is 48.1 Å². The lowest BCUT2D eigenvalue weighted by Crippen LogP contribution is -2.42. The number of alkyl halides is 2. The van der Waals surface area contributed by atoms with Gasteiger partial charge in [-0.1, -0.05) is 36.4 Å². The number of nitrogens with zero attached hydrogens (tertiary/aromatic N) is 2. The molecule has 1 fully saturated rings. The maximum Gasteiger partial charge on any atom is 0.253 e. The van der Waals surface area contributed by atoms with Gasteiger partial charge in [0, 0.05) is 56.0 Å². The van der Waals surface area contributed by atoms with E-state index < -0.39 is 5.92 Å². The Balaban J connectivity index is 1.46. The number of rotatable bonds is 5. The summed E-state index contributed by atoms with van der Waals surface area (Å²) in [5.74, 6) is -3.23. The van der Waals surface area contributed by atoms with Crippen LogP contribution in [0.1, 0.15) is 28.9 Å². The average Bonchev–Trinajstić information content (AvgIpc) is 3.37. The van der Waals surface area contributed by atoms with Crippen LogP contribution in [-0.2, 0) is 0 Å². The van der Waals surface area contributed by atoms with Gasteiger partial charge in [0.25, 0.3) is 11.8 Å². The van der Waals surface area contributed by atoms with Crippen LogP contribution in [0.4, 0.5) is 13.2 Å². The first-order valence-corrected chi connectivity index (χ1v) is 12.1. The lowest BCUT2D eigenvalue weighted by molar-refractivity contribution is -0.0494. The highest BCUT2D eigenvalue weighted by atomic mass is 19.3. The monoisotopic (exact) mass is 501 g/mol. The summed E-state index contributed by atoms with van der Waals surface area (Å²) < 4.78 is 40.6. The van der Waals surface area contributed by atoms with Gasteiger partial charge in [0.1, 0.15) is 5.82 Å². The highest BCUT2D eigenvalue weighted by molar-refractivity contribution is 5.95. The fourth-order valence-corrected chi connectivity index (χ4v) is 4.64. The van der Waals surface area contributed by atoms with Crippen LogP contribution in [0, 0.1) is 5.82 Å². The fraction of sp³-hybridized carbons (Fsp3) is 0.200. The van der Waals surface area contributed by atoms with E-state index >= 15 is 0 Å². The van der Waals surface area contributed by atoms with Crippen molar-refractivity contribution in [3.63, 3.8) is 0 Å². The van der Waals surface area contributed by atoms with Crippen molar-refractivity contribution in [1.29, 1.82) is 0 Å². The van der Waals surface area contributed by atoms with Crippen LogP contribution >= 0.6 is 0 Å². The number of H-pyrrole nitrogens is 1. The van der Waals surface area contributed by atoms with Crippen molar-refractivity contribution in [3.8, 4) is 33.5 Å². The highest BCUT2D eigenvalue weighted by Crippen LogP contribution is 2.36. The molecule has 1 aliphatic rings. The summed E-state index contributed by atoms with van der Waals surface area (Å²) in [5, 5.41) is 0. The number of aromatic amines is 1. The zero-order valence-electron chi connectivity index (χ0n) is 20.3. The minimum atomic E-state index is -2.69. The summed E-state index contributed by atoms with van der Waals surface area (Å²) in [4.78, 5) is 21.7. The number of likely N-dealkylation sites (tertiary alicyclic amines) is 1. The van der Waals surface area contributed by atoms with Crippen molar-refractivity contribution in [2.24, 2.45) is 4.99 Å². The number of nitrogens with one attached hydrogen (secondary N) is 1. The summed E-state index contributed by atoms with van der Waals surface area (Å²) in [5.41, 5.74) is 6.85. The van der Waals surface area contributed by atoms with Crippen LogP contribution in [0.5, 0.6) is 0 Å². The van der Waals surface area contributed by atoms with E-state index in [1.54, 1.807) is 37.5 Å². The van der Waals surface area contributed by atoms with Crippen molar-refractivity contribution in [2.45, 2.75) is 18.8 Å². The van der Waals surface area contributed by atoms with Gasteiger partial charge in [0.2, 0.25) is 0 Å². The molecule has 0 radical (unpaired) electrons. The van der Waals surface area contributed by atoms with Gasteiger partial charge in [-0.05, 0) is 64.7 Å². The molecule has 2 heterocycles. The van der Waals surface area contributed by atoms with E-state index in [2.05, 4.69) is 9.98 Å². The number of carbonyl (C=O) groups excluding carboxylic acids is 1. The first-order chi connectivity index (χ1) is 17.8. The topological polar surface area (TPSA) is 48.5 Å². The molecule has 4 aromatic rings. The van der Waals surface area contributed by atoms with Gasteiger partial charge in [-0.3, -0.25) is 9.79 Å². The summed E-state index contributed by atoms with van der Waals surface area (Å²) in [6, 6.07) is 23.5. The third-order valence-corrected chi connectivity index (χ3v) is 6.69. The number of hydrogen-bond donors (Lipinski definition) is 1. The lowest BCUT2D eigenvalue weighted by Gasteiger charge is -2.31. The van der Waals surface area contributed by atoms with Crippen LogP contribution < -0.4 is 0 Å². The molecule has 0 spiro atoms. The normalized spacial score (nSPS) is 15.3. The van der Waals surface area contributed by atoms with Crippen LogP contribution in [0.25, 0.3) is 33.5 Å². The predicted octanol–water partition coefficient (Wildman–Crippen LogP) is 7.07. The number of hydrogen-bond acceptors (Lipinski definition) is 2. The molecule has 0 atom stereocenters. The van der Waals surface area contributed by atoms with Crippen molar-refractivity contribution < 1.29 is 18.0 Å². The maximum atomic E-state index is 13.6. The molecule has 0 saturated carbocycles. The molecule has 7 heteroatoms. The molecular formula is C30H26F3N3O. The van der Waals surface area contributed by atoms with Gasteiger partial charge in [-0.2, -0.15) is 0 Å². The minimum Gasteiger partial charge on any atom is -0.354 e. The largest absolute Gasteiger partial charge is 0.354 e. The van der Waals surface area contributed by atoms with Gasteiger partial charge in [0.05, 0.1) is 5.69 Å². The van der Waals surface area contributed by atoms with Gasteiger partial charge >= 0.3 is 0 Å². The zero-order valence-corrected chi connectivity index (χ0v) is 20.3. The Bertz CT molecular complexity index is 1430. The van der Waals surface area contributed by atoms with Gasteiger partial charge in [-0.15, -0.1) is 0 Å². The molecule has 1 N–H and O–H groups in total. The Labute approximate surface area is 213 Å². The molecule has 5 rings (SSSR count). The smallest absolute Gasteiger partial charge is 0.253 e. The molecule has 3 aromatic carbocycles. The molecule has 1 aliphatic heterocycles. The van der Waals surface area contributed by atoms with Crippen molar-refractivity contribution in [1.82, 2.24) is 9.88 Å². The highest BCUT2D eigenvalue weighted by Gasteiger charge is 2.35. The summed E-state index contributed by atoms with van der Waals surface area (Å²) in [7, 11) is 1.71. The van der Waals surface area contributed by atoms with Gasteiger partial charge in [0.15, 0.2) is 0 Å². The molecule has 0 unspecified atom stereocenters. The number of halogens is 3. The molecule has 188 valence electrons. The number of carbonyl (C=O) groups is 1. The number of aliphatic imine (C=N–C) groups is 1. The maximum absolute atomic E-state index is 13.6. The lowest BCUT2D eigenvalue weighted by atomic mass is 9.93. The number of amides is 1. The summed E-state index contributed by atoms with van der Waals surface area (Å²) in [6.07, 6.45) is 1.14. The second-order valence-electron chi connectivity index (χ2n) is 9.21. The summed E-state index contributed by atoms with van der Waals surface area (Å²) in [6.45, 7) is 0.112. The fourth-order valence-electron chi connectivity index (χ4n) is 4.64. The predicted molar refractivity (Wildman–Crippen MR) is 141 cm³/mol. The quantitative estimate of drug-likeness (QED) is 0.292. The zero-order chi connectivity index (χ0) is 26.0. The van der Waals surface area contributed by atoms with E-state index in [-0.39, 0.29) is 37.7 Å². The molecule has 4 nitrogen and oxygen atoms in total. The van der Waals surface area contributed by atoms with Gasteiger partial charge in [-0.25, -0.2) is 13.2 Å². The van der Waals surface area contributed by atoms with Gasteiger partial charge < -0.3 is 9.88 Å². The second-order valence-corrected chi connectivity index (χ2v) is 9.21. The second kappa shape index (κ2) is 10.1. The average molecular weight is 502 g/mol. The molecule has 0 aliphatic carbocycles. The molecule has 1 saturated heterocycles. The third kappa shape index (κ3) is 5.35. The van der Waals surface area contributed by atoms with Crippen molar-refractivity contribution in [2.75, 3.05) is 20.1 Å². The molecule has 0 bridgehead atoms. The van der Waals surface area contributed by atoms with E-state index in [0.717, 1.165) is 39.2 Å². The first kappa shape index (κ1) is 24.6. The Hall–Kier alpha value is -4.13. The Morgan fingerprint density at radius 1 is 0.865 bits per heavy atom. The first-order valence-electron chi connectivity index (χ1n) is 12.1. The van der Waals surface area contributed by atoms with E-state index in [1.165, 1.54) is 17.0 Å². The molecule has 37 heavy (non-hydrogen) atoms. The van der Waals surface area contributed by atoms with Crippen molar-refractivity contribution in [3.05, 3.63) is 95.9 Å². The van der Waals surface area contributed by atoms with Crippen LogP contribution in [0.2, 0.25) is 0 Å². The number of benzene rings is 3. The van der Waals surface area contributed by atoms with Crippen LogP contribution in [0.15, 0.2) is 83.9 Å². The summed E-state index contributed by atoms with van der Waals surface area (Å²) >= 11 is 0. The standard InChI is InChI=1S/C30H26F3N3O/c1-34-19-25-11-13-28(35-25)26-12-8-23(18-27(26)21-6-9-24(31)10-7-21)20-2-4-22(5-3-20)29(37)36-16-14-30(32,33)15-17-36/h2-13,18-19,35H,14-17H2,1H3/b34-19+. The number of piperidine rings is 1. The number of aromatic nitrogens is 1.